The van der Waals surface area contributed by atoms with Gasteiger partial charge in [-0.1, -0.05) is 0 Å². The van der Waals surface area contributed by atoms with Gasteiger partial charge in [0.25, 0.3) is 0 Å². The first-order chi connectivity index (χ1) is 8.81. The fourth-order valence-corrected chi connectivity index (χ4v) is 1.46. The Bertz CT molecular complexity index is 481. The van der Waals surface area contributed by atoms with Crippen LogP contribution in [-0.4, -0.2) is 35.6 Å². The summed E-state index contributed by atoms with van der Waals surface area (Å²) in [6.45, 7) is 1.37. The van der Waals surface area contributed by atoms with Crippen LogP contribution >= 0.6 is 0 Å². The average molecular weight is 248 g/mol. The Labute approximate surface area is 106 Å². The molecule has 2 aromatic heterocycles. The third-order valence-corrected chi connectivity index (χ3v) is 2.40. The second-order valence-electron chi connectivity index (χ2n) is 3.69. The van der Waals surface area contributed by atoms with Crippen molar-refractivity contribution in [3.05, 3.63) is 30.7 Å². The second kappa shape index (κ2) is 6.02. The highest BCUT2D eigenvalue weighted by Gasteiger charge is 2.00. The monoisotopic (exact) mass is 248 g/mol. The normalized spacial score (nSPS) is 10.3. The number of ether oxygens (including phenoxy) is 2. The van der Waals surface area contributed by atoms with E-state index < -0.39 is 0 Å². The number of aromatic nitrogens is 3. The van der Waals surface area contributed by atoms with Gasteiger partial charge in [-0.15, -0.1) is 0 Å². The van der Waals surface area contributed by atoms with E-state index in [0.717, 1.165) is 23.8 Å². The fraction of sp³-hybridized carbons (Fsp3) is 0.333. The van der Waals surface area contributed by atoms with Crippen molar-refractivity contribution in [2.75, 3.05) is 26.1 Å². The minimum atomic E-state index is 0.641. The topological polar surface area (TPSA) is 61.2 Å². The van der Waals surface area contributed by atoms with Gasteiger partial charge >= 0.3 is 0 Å². The lowest BCUT2D eigenvalue weighted by Crippen LogP contribution is -2.03. The summed E-state index contributed by atoms with van der Waals surface area (Å²) < 4.78 is 11.9. The van der Waals surface area contributed by atoms with Crippen LogP contribution in [-0.2, 0) is 11.3 Å². The highest BCUT2D eigenvalue weighted by atomic mass is 16.5. The van der Waals surface area contributed by atoms with Gasteiger partial charge in [0.15, 0.2) is 0 Å². The number of hydrogen-bond donors (Lipinski definition) is 1. The Hall–Kier alpha value is -2.08. The maximum absolute atomic E-state index is 5.05. The molecule has 2 heterocycles. The molecule has 6 heteroatoms. The summed E-state index contributed by atoms with van der Waals surface area (Å²) in [7, 11) is 3.29. The molecule has 0 radical (unpaired) electrons. The van der Waals surface area contributed by atoms with Gasteiger partial charge in [0, 0.05) is 13.3 Å². The second-order valence-corrected chi connectivity index (χ2v) is 3.69. The Kier molecular flexibility index (Phi) is 4.14. The van der Waals surface area contributed by atoms with Crippen LogP contribution in [0.1, 0.15) is 0 Å². The van der Waals surface area contributed by atoms with Crippen LogP contribution in [0.2, 0.25) is 0 Å². The lowest BCUT2D eigenvalue weighted by molar-refractivity contribution is 0.183. The molecule has 2 aromatic rings. The number of pyridine rings is 1. The molecule has 0 spiro atoms. The first kappa shape index (κ1) is 12.4. The van der Waals surface area contributed by atoms with E-state index in [9.17, 15) is 0 Å². The Morgan fingerprint density at radius 2 is 2.17 bits per heavy atom. The van der Waals surface area contributed by atoms with Gasteiger partial charge in [0.2, 0.25) is 0 Å². The molecule has 6 nitrogen and oxygen atoms in total. The Balaban J connectivity index is 1.97. The minimum Gasteiger partial charge on any atom is -0.495 e. The molecule has 18 heavy (non-hydrogen) atoms. The van der Waals surface area contributed by atoms with E-state index in [1.807, 2.05) is 23.0 Å². The highest BCUT2D eigenvalue weighted by Crippen LogP contribution is 2.16. The molecule has 96 valence electrons. The van der Waals surface area contributed by atoms with Gasteiger partial charge in [-0.05, 0) is 12.1 Å². The van der Waals surface area contributed by atoms with Crippen molar-refractivity contribution in [1.29, 1.82) is 0 Å². The largest absolute Gasteiger partial charge is 0.495 e. The third kappa shape index (κ3) is 3.21. The zero-order valence-electron chi connectivity index (χ0n) is 10.5. The summed E-state index contributed by atoms with van der Waals surface area (Å²) in [5.74, 6) is 1.48. The summed E-state index contributed by atoms with van der Waals surface area (Å²) >= 11 is 0. The van der Waals surface area contributed by atoms with Crippen molar-refractivity contribution in [2.24, 2.45) is 0 Å². The van der Waals surface area contributed by atoms with Gasteiger partial charge in [-0.2, -0.15) is 5.10 Å². The van der Waals surface area contributed by atoms with Crippen LogP contribution in [0.15, 0.2) is 30.7 Å². The number of methoxy groups -OCH3 is 2. The first-order valence-corrected chi connectivity index (χ1v) is 5.60. The molecular formula is C12H16N4O2. The summed E-state index contributed by atoms with van der Waals surface area (Å²) in [6.07, 6.45) is 5.32. The van der Waals surface area contributed by atoms with Crippen molar-refractivity contribution in [1.82, 2.24) is 14.8 Å². The fourth-order valence-electron chi connectivity index (χ4n) is 1.46. The molecular weight excluding hydrogens is 232 g/mol. The van der Waals surface area contributed by atoms with E-state index in [2.05, 4.69) is 15.4 Å². The lowest BCUT2D eigenvalue weighted by atomic mass is 10.4. The molecule has 2 rings (SSSR count). The Morgan fingerprint density at radius 1 is 1.28 bits per heavy atom. The molecule has 0 unspecified atom stereocenters. The number of rotatable bonds is 6. The van der Waals surface area contributed by atoms with Gasteiger partial charge < -0.3 is 14.8 Å². The van der Waals surface area contributed by atoms with E-state index in [1.165, 1.54) is 0 Å². The van der Waals surface area contributed by atoms with Gasteiger partial charge in [0.1, 0.15) is 11.6 Å². The molecule has 0 saturated heterocycles. The average Bonchev–Trinajstić information content (AvgIpc) is 2.85. The maximum atomic E-state index is 5.05. The predicted molar refractivity (Wildman–Crippen MR) is 68.2 cm³/mol. The van der Waals surface area contributed by atoms with E-state index in [4.69, 9.17) is 9.47 Å². The summed E-state index contributed by atoms with van der Waals surface area (Å²) in [5, 5.41) is 7.37. The van der Waals surface area contributed by atoms with Crippen molar-refractivity contribution >= 4 is 11.5 Å². The number of anilines is 2. The van der Waals surface area contributed by atoms with E-state index in [1.54, 1.807) is 26.6 Å². The predicted octanol–water partition coefficient (Wildman–Crippen LogP) is 1.68. The zero-order valence-corrected chi connectivity index (χ0v) is 10.5. The molecule has 0 fully saturated rings. The molecule has 0 aromatic carbocycles. The van der Waals surface area contributed by atoms with E-state index in [-0.39, 0.29) is 0 Å². The van der Waals surface area contributed by atoms with Crippen molar-refractivity contribution in [3.8, 4) is 5.75 Å². The SMILES string of the molecule is COCCn1cc(Nc2ccc(OC)cn2)cn1. The Morgan fingerprint density at radius 3 is 2.83 bits per heavy atom. The number of hydrogen-bond acceptors (Lipinski definition) is 5. The van der Waals surface area contributed by atoms with Crippen LogP contribution < -0.4 is 10.1 Å². The van der Waals surface area contributed by atoms with Crippen molar-refractivity contribution < 1.29 is 9.47 Å². The van der Waals surface area contributed by atoms with Crippen LogP contribution in [0.5, 0.6) is 5.75 Å². The zero-order chi connectivity index (χ0) is 12.8. The van der Waals surface area contributed by atoms with Crippen LogP contribution in [0.4, 0.5) is 11.5 Å². The third-order valence-electron chi connectivity index (χ3n) is 2.40. The molecule has 0 bridgehead atoms. The molecule has 0 aliphatic carbocycles. The first-order valence-electron chi connectivity index (χ1n) is 5.60. The van der Waals surface area contributed by atoms with E-state index >= 15 is 0 Å². The molecule has 0 aliphatic heterocycles. The molecule has 0 atom stereocenters. The number of nitrogens with one attached hydrogen (secondary N) is 1. The standard InChI is InChI=1S/C12H16N4O2/c1-17-6-5-16-9-10(7-14-16)15-12-4-3-11(18-2)8-13-12/h3-4,7-9H,5-6H2,1-2H3,(H,13,15). The smallest absolute Gasteiger partial charge is 0.137 e. The quantitative estimate of drug-likeness (QED) is 0.842. The van der Waals surface area contributed by atoms with Crippen molar-refractivity contribution in [3.63, 3.8) is 0 Å². The van der Waals surface area contributed by atoms with E-state index in [0.29, 0.717) is 6.61 Å². The maximum Gasteiger partial charge on any atom is 0.137 e. The van der Waals surface area contributed by atoms with Crippen molar-refractivity contribution in [2.45, 2.75) is 6.54 Å². The lowest BCUT2D eigenvalue weighted by Gasteiger charge is -2.03. The van der Waals surface area contributed by atoms with Gasteiger partial charge in [-0.3, -0.25) is 4.68 Å². The molecule has 0 amide bonds. The highest BCUT2D eigenvalue weighted by molar-refractivity contribution is 5.54. The van der Waals surface area contributed by atoms with Crippen LogP contribution in [0.3, 0.4) is 0 Å². The summed E-state index contributed by atoms with van der Waals surface area (Å²) in [5.41, 5.74) is 0.892. The molecule has 0 saturated carbocycles. The van der Waals surface area contributed by atoms with Gasteiger partial charge in [0.05, 0.1) is 38.3 Å². The molecule has 1 N–H and O–H groups in total. The summed E-state index contributed by atoms with van der Waals surface area (Å²) in [4.78, 5) is 4.22. The minimum absolute atomic E-state index is 0.641. The summed E-state index contributed by atoms with van der Waals surface area (Å²) in [6, 6.07) is 3.70. The van der Waals surface area contributed by atoms with Crippen LogP contribution in [0, 0.1) is 0 Å². The molecule has 0 aliphatic rings. The number of nitrogens with zero attached hydrogens (tertiary/aromatic N) is 3. The van der Waals surface area contributed by atoms with Crippen LogP contribution in [0.25, 0.3) is 0 Å². The van der Waals surface area contributed by atoms with Gasteiger partial charge in [-0.25, -0.2) is 4.98 Å².